The Kier molecular flexibility index (Phi) is 14.5. The predicted molar refractivity (Wildman–Crippen MR) is 244 cm³/mol. The molecule has 4 atom stereocenters. The van der Waals surface area contributed by atoms with Gasteiger partial charge in [-0.1, -0.05) is 49.1 Å². The number of rotatable bonds is 16. The number of aliphatic hydroxyl groups excluding tert-OH is 1. The van der Waals surface area contributed by atoms with E-state index < -0.39 is 36.4 Å². The molecule has 350 valence electrons. The molecule has 1 unspecified atom stereocenters. The van der Waals surface area contributed by atoms with Crippen LogP contribution in [0.2, 0.25) is 0 Å². The Bertz CT molecular complexity index is 2400. The molecule has 0 bridgehead atoms. The fraction of sp³-hybridized carbons (Fsp3) is 0.396. The van der Waals surface area contributed by atoms with Crippen molar-refractivity contribution in [1.29, 1.82) is 0 Å². The van der Waals surface area contributed by atoms with Crippen molar-refractivity contribution in [3.8, 4) is 23.0 Å². The van der Waals surface area contributed by atoms with Gasteiger partial charge in [0.25, 0.3) is 11.8 Å². The lowest BCUT2D eigenvalue weighted by molar-refractivity contribution is -0.117. The molecule has 7 rings (SSSR count). The van der Waals surface area contributed by atoms with E-state index in [4.69, 9.17) is 34.2 Å². The third-order valence-electron chi connectivity index (χ3n) is 11.8. The van der Waals surface area contributed by atoms with Crippen molar-refractivity contribution in [1.82, 2.24) is 9.80 Å². The minimum Gasteiger partial charge on any atom is -0.493 e. The maximum Gasteiger partial charge on any atom is 0.416 e. The first-order valence-corrected chi connectivity index (χ1v) is 21.7. The number of ether oxygens (including phenoxy) is 6. The third-order valence-corrected chi connectivity index (χ3v) is 11.8. The van der Waals surface area contributed by atoms with E-state index in [0.717, 1.165) is 16.0 Å². The summed E-state index contributed by atoms with van der Waals surface area (Å²) < 4.78 is 34.8. The summed E-state index contributed by atoms with van der Waals surface area (Å²) in [5.41, 5.74) is 9.37. The summed E-state index contributed by atoms with van der Waals surface area (Å²) in [5, 5.41) is 14.2. The SMILES string of the molecule is C=CCOC(=O)N1c2cc(OCCCCCOc3cc4c(cc3OC)C(=O)N3CC(=C)C[C@@H]3CN4C(=O)OCc3ccc(NC(=O)[C@H](C)N)cc3)c(OC)cc2C(=O)N2CC(=C)C[C@@H]2C1O. The number of carbonyl (C=O) groups excluding carboxylic acids is 5. The summed E-state index contributed by atoms with van der Waals surface area (Å²) in [6.45, 7) is 14.4. The van der Waals surface area contributed by atoms with Gasteiger partial charge in [-0.25, -0.2) is 14.5 Å². The molecule has 4 N–H and O–H groups in total. The van der Waals surface area contributed by atoms with Crippen LogP contribution in [0.4, 0.5) is 26.7 Å². The molecule has 3 aromatic rings. The molecular formula is C48H56N6O12. The van der Waals surface area contributed by atoms with Crippen LogP contribution in [0.1, 0.15) is 65.3 Å². The predicted octanol–water partition coefficient (Wildman–Crippen LogP) is 5.78. The zero-order valence-electron chi connectivity index (χ0n) is 37.4. The lowest BCUT2D eigenvalue weighted by Crippen LogP contribution is -2.50. The number of nitrogens with one attached hydrogen (secondary N) is 1. The normalized spacial score (nSPS) is 19.1. The number of amides is 5. The number of fused-ring (bicyclic) bond motifs is 4. The van der Waals surface area contributed by atoms with Crippen LogP contribution >= 0.6 is 0 Å². The van der Waals surface area contributed by atoms with Gasteiger partial charge in [0.1, 0.15) is 13.2 Å². The van der Waals surface area contributed by atoms with Crippen LogP contribution in [0.25, 0.3) is 0 Å². The molecule has 0 spiro atoms. The fourth-order valence-corrected chi connectivity index (χ4v) is 8.43. The molecule has 2 saturated heterocycles. The maximum absolute atomic E-state index is 14.0. The molecule has 0 saturated carbocycles. The molecule has 18 heteroatoms. The van der Waals surface area contributed by atoms with Crippen molar-refractivity contribution in [2.75, 3.05) is 68.8 Å². The first-order valence-electron chi connectivity index (χ1n) is 21.7. The highest BCUT2D eigenvalue weighted by Gasteiger charge is 2.46. The monoisotopic (exact) mass is 908 g/mol. The topological polar surface area (TPSA) is 212 Å². The molecule has 4 aliphatic heterocycles. The lowest BCUT2D eigenvalue weighted by Gasteiger charge is -2.31. The number of hydrogen-bond donors (Lipinski definition) is 3. The van der Waals surface area contributed by atoms with Crippen LogP contribution in [-0.4, -0.2) is 123 Å². The number of hydrogen-bond acceptors (Lipinski definition) is 13. The van der Waals surface area contributed by atoms with Gasteiger partial charge < -0.3 is 54.4 Å². The summed E-state index contributed by atoms with van der Waals surface area (Å²) in [6.07, 6.45) is 1.16. The zero-order chi connectivity index (χ0) is 47.2. The average Bonchev–Trinajstić information content (AvgIpc) is 3.85. The number of unbranched alkanes of at least 4 members (excludes halogenated alkanes) is 2. The summed E-state index contributed by atoms with van der Waals surface area (Å²) in [5.74, 6) is 0.204. The van der Waals surface area contributed by atoms with Crippen molar-refractivity contribution in [3.63, 3.8) is 0 Å². The fourth-order valence-electron chi connectivity index (χ4n) is 8.43. The molecule has 0 aliphatic carbocycles. The van der Waals surface area contributed by atoms with Crippen LogP contribution in [0.3, 0.4) is 0 Å². The second-order valence-corrected chi connectivity index (χ2v) is 16.6. The molecule has 2 fully saturated rings. The van der Waals surface area contributed by atoms with Crippen molar-refractivity contribution < 1.29 is 57.5 Å². The van der Waals surface area contributed by atoms with Crippen molar-refractivity contribution >= 4 is 47.0 Å². The van der Waals surface area contributed by atoms with Gasteiger partial charge in [-0.3, -0.25) is 19.3 Å². The lowest BCUT2D eigenvalue weighted by atomic mass is 10.1. The van der Waals surface area contributed by atoms with Gasteiger partial charge in [-0.05, 0) is 68.9 Å². The van der Waals surface area contributed by atoms with E-state index in [-0.39, 0.29) is 85.7 Å². The molecule has 4 heterocycles. The van der Waals surface area contributed by atoms with Crippen molar-refractivity contribution in [3.05, 3.63) is 102 Å². The van der Waals surface area contributed by atoms with E-state index in [1.54, 1.807) is 48.2 Å². The van der Waals surface area contributed by atoms with Gasteiger partial charge in [0, 0.05) is 30.9 Å². The zero-order valence-corrected chi connectivity index (χ0v) is 37.4. The summed E-state index contributed by atoms with van der Waals surface area (Å²) >= 11 is 0. The van der Waals surface area contributed by atoms with Gasteiger partial charge in [0.2, 0.25) is 5.91 Å². The van der Waals surface area contributed by atoms with Gasteiger partial charge in [-0.2, -0.15) is 0 Å². The van der Waals surface area contributed by atoms with E-state index in [2.05, 4.69) is 25.1 Å². The van der Waals surface area contributed by atoms with Gasteiger partial charge >= 0.3 is 12.2 Å². The molecule has 0 aromatic heterocycles. The second-order valence-electron chi connectivity index (χ2n) is 16.6. The largest absolute Gasteiger partial charge is 0.493 e. The second kappa shape index (κ2) is 20.4. The van der Waals surface area contributed by atoms with Crippen LogP contribution in [0.15, 0.2) is 85.5 Å². The van der Waals surface area contributed by atoms with Crippen LogP contribution in [-0.2, 0) is 20.9 Å². The minimum absolute atomic E-state index is 0.0639. The molecule has 0 radical (unpaired) electrons. The van der Waals surface area contributed by atoms with E-state index >= 15 is 0 Å². The Balaban J connectivity index is 1.01. The van der Waals surface area contributed by atoms with Gasteiger partial charge in [0.15, 0.2) is 29.2 Å². The maximum atomic E-state index is 14.0. The average molecular weight is 909 g/mol. The summed E-state index contributed by atoms with van der Waals surface area (Å²) in [4.78, 5) is 72.8. The number of anilines is 3. The Labute approximate surface area is 383 Å². The quantitative estimate of drug-likeness (QED) is 0.115. The van der Waals surface area contributed by atoms with Crippen LogP contribution < -0.4 is 39.8 Å². The Morgan fingerprint density at radius 3 is 2.03 bits per heavy atom. The molecule has 4 aliphatic rings. The Morgan fingerprint density at radius 1 is 0.818 bits per heavy atom. The third kappa shape index (κ3) is 9.94. The summed E-state index contributed by atoms with van der Waals surface area (Å²) in [6, 6.07) is 11.4. The Morgan fingerprint density at radius 2 is 1.41 bits per heavy atom. The smallest absolute Gasteiger partial charge is 0.416 e. The number of aliphatic hydroxyl groups is 1. The van der Waals surface area contributed by atoms with Crippen molar-refractivity contribution in [2.45, 2.75) is 70.0 Å². The van der Waals surface area contributed by atoms with E-state index in [0.29, 0.717) is 67.1 Å². The first-order chi connectivity index (χ1) is 31.7. The van der Waals surface area contributed by atoms with Gasteiger partial charge in [-0.15, -0.1) is 0 Å². The van der Waals surface area contributed by atoms with E-state index in [9.17, 15) is 29.1 Å². The Hall–Kier alpha value is -7.05. The highest BCUT2D eigenvalue weighted by Crippen LogP contribution is 2.43. The highest BCUT2D eigenvalue weighted by molar-refractivity contribution is 6.07. The molecule has 3 aromatic carbocycles. The van der Waals surface area contributed by atoms with Gasteiger partial charge in [0.05, 0.1) is 74.6 Å². The van der Waals surface area contributed by atoms with Crippen molar-refractivity contribution in [2.24, 2.45) is 5.73 Å². The number of nitrogens with zero attached hydrogens (tertiary/aromatic N) is 4. The van der Waals surface area contributed by atoms with Crippen LogP contribution in [0, 0.1) is 0 Å². The van der Waals surface area contributed by atoms with Crippen LogP contribution in [0.5, 0.6) is 23.0 Å². The first kappa shape index (κ1) is 46.9. The molecule has 5 amide bonds. The standard InChI is InChI=1S/C48H56N6O12/c1-7-15-65-48(60)54-37-23-42(40(62-6)21-35(37)45(57)52-25-29(3)19-38(52)46(54)58)64-17-10-8-9-16-63-41-22-36-34(20-39(41)61-5)44(56)51-24-28(2)18-33(51)26-53(36)47(59)66-27-31-11-13-32(14-12-31)50-43(55)30(4)49/h7,11-14,20-23,30,33,38,46,58H,1-3,8-10,15-19,24-27,49H2,4-6H3,(H,50,55)/t30-,33+,38+,46?/m0/s1. The number of benzene rings is 3. The molecule has 18 nitrogen and oxygen atoms in total. The number of carbonyl (C=O) groups is 5. The molecule has 66 heavy (non-hydrogen) atoms. The minimum atomic E-state index is -1.42. The number of nitrogens with two attached hydrogens (primary N) is 1. The van der Waals surface area contributed by atoms with E-state index in [1.807, 2.05) is 0 Å². The molecular weight excluding hydrogens is 853 g/mol. The highest BCUT2D eigenvalue weighted by atomic mass is 16.6. The van der Waals surface area contributed by atoms with E-state index in [1.165, 1.54) is 42.2 Å². The summed E-state index contributed by atoms with van der Waals surface area (Å²) in [7, 11) is 2.92. The number of methoxy groups -OCH3 is 2.